The minimum atomic E-state index is -1.89. The van der Waals surface area contributed by atoms with Crippen LogP contribution in [0.25, 0.3) is 44.3 Å². The monoisotopic (exact) mass is 899 g/mol. The average Bonchev–Trinajstić information content (AvgIpc) is 3.49. The summed E-state index contributed by atoms with van der Waals surface area (Å²) in [6.07, 6.45) is 6.77. The van der Waals surface area contributed by atoms with Gasteiger partial charge in [-0.25, -0.2) is 0 Å². The number of rotatable bonds is 10. The van der Waals surface area contributed by atoms with Gasteiger partial charge in [0.25, 0.3) is 0 Å². The molecule has 6 heteroatoms. The minimum absolute atomic E-state index is 0. The number of aliphatic hydroxyl groups is 1. The van der Waals surface area contributed by atoms with E-state index in [2.05, 4.69) is 105 Å². The van der Waals surface area contributed by atoms with Gasteiger partial charge < -0.3 is 5.11 Å². The molecule has 0 fully saturated rings. The molecule has 0 saturated heterocycles. The summed E-state index contributed by atoms with van der Waals surface area (Å²) >= 11 is -1.89. The molecule has 2 aromatic heterocycles. The summed E-state index contributed by atoms with van der Waals surface area (Å²) in [5.74, 6) is 8.69. The molecular formula is C43H54GeIrNO3-. The van der Waals surface area contributed by atoms with E-state index in [0.29, 0.717) is 0 Å². The van der Waals surface area contributed by atoms with Gasteiger partial charge in [-0.3, -0.25) is 4.79 Å². The third kappa shape index (κ3) is 10.1. The quantitative estimate of drug-likeness (QED) is 0.0656. The number of hydrogen-bond donors (Lipinski definition) is 1. The summed E-state index contributed by atoms with van der Waals surface area (Å²) < 4.78 is 7.74. The standard InChI is InChI=1S/C30H30GeNO.C13H24O2.Ir/c1-30(2,3)26-17-22(15-20-9-7-8-10-25(20)26)27-18-21(13-14-32-27)29-19-23-16-24(31(4,5)6)11-12-28(23)33-29;1-5-10(6-2)12(14)9-13(15)11(7-3)8-4;/h7-14,16-19H,1-6H3;9-11,14H,5-8H2,1-4H3;/q-1;;/b;12-9-;. The zero-order valence-corrected chi connectivity index (χ0v) is 35.5. The Morgan fingerprint density at radius 3 is 2.16 bits per heavy atom. The molecule has 0 aliphatic heterocycles. The molecule has 5 rings (SSSR count). The van der Waals surface area contributed by atoms with E-state index >= 15 is 0 Å². The molecule has 1 radical (unpaired) electrons. The number of nitrogens with zero attached hydrogens (tertiary/aromatic N) is 1. The number of carbonyl (C=O) groups excluding carboxylic acids is 1. The van der Waals surface area contributed by atoms with E-state index in [0.717, 1.165) is 59.2 Å². The molecule has 263 valence electrons. The van der Waals surface area contributed by atoms with Crippen molar-refractivity contribution in [3.63, 3.8) is 0 Å². The first-order chi connectivity index (χ1) is 22.7. The van der Waals surface area contributed by atoms with Crippen LogP contribution in [0.4, 0.5) is 0 Å². The second-order valence-electron chi connectivity index (χ2n) is 14.9. The zero-order chi connectivity index (χ0) is 35.2. The van der Waals surface area contributed by atoms with Crippen molar-refractivity contribution >= 4 is 45.2 Å². The number of carbonyl (C=O) groups is 1. The van der Waals surface area contributed by atoms with Crippen LogP contribution in [0.15, 0.2) is 89.2 Å². The van der Waals surface area contributed by atoms with E-state index in [1.54, 1.807) is 0 Å². The van der Waals surface area contributed by atoms with E-state index < -0.39 is 13.3 Å². The number of pyridine rings is 1. The number of hydrogen-bond acceptors (Lipinski definition) is 4. The first kappa shape index (κ1) is 40.4. The van der Waals surface area contributed by atoms with Gasteiger partial charge in [0, 0.05) is 38.0 Å². The van der Waals surface area contributed by atoms with Gasteiger partial charge >= 0.3 is 160 Å². The van der Waals surface area contributed by atoms with Crippen molar-refractivity contribution in [1.82, 2.24) is 4.98 Å². The van der Waals surface area contributed by atoms with Crippen LogP contribution < -0.4 is 4.40 Å². The molecule has 3 aromatic carbocycles. The van der Waals surface area contributed by atoms with Gasteiger partial charge in [-0.2, -0.15) is 0 Å². The summed E-state index contributed by atoms with van der Waals surface area (Å²) in [5, 5.41) is 13.3. The normalized spacial score (nSPS) is 12.3. The average molecular weight is 898 g/mol. The van der Waals surface area contributed by atoms with Crippen LogP contribution in [0.5, 0.6) is 0 Å². The fourth-order valence-electron chi connectivity index (χ4n) is 6.15. The van der Waals surface area contributed by atoms with Gasteiger partial charge in [-0.15, -0.1) is 0 Å². The summed E-state index contributed by atoms with van der Waals surface area (Å²) in [6.45, 7) is 14.8. The van der Waals surface area contributed by atoms with Crippen molar-refractivity contribution in [2.24, 2.45) is 11.8 Å². The minimum Gasteiger partial charge on any atom is -0.512 e. The smallest absolute Gasteiger partial charge is 0.512 e. The Bertz CT molecular complexity index is 1890. The van der Waals surface area contributed by atoms with E-state index in [4.69, 9.17) is 9.40 Å². The number of aromatic nitrogens is 1. The van der Waals surface area contributed by atoms with Crippen molar-refractivity contribution in [2.75, 3.05) is 0 Å². The Morgan fingerprint density at radius 1 is 0.898 bits per heavy atom. The van der Waals surface area contributed by atoms with E-state index in [1.165, 1.54) is 26.8 Å². The number of benzene rings is 3. The van der Waals surface area contributed by atoms with Crippen LogP contribution in [0.2, 0.25) is 17.3 Å². The molecule has 4 nitrogen and oxygen atoms in total. The molecule has 1 N–H and O–H groups in total. The number of ketones is 1. The second kappa shape index (κ2) is 17.3. The third-order valence-corrected chi connectivity index (χ3v) is 13.7. The fraction of sp³-hybridized carbons (Fsp3) is 0.395. The van der Waals surface area contributed by atoms with Crippen molar-refractivity contribution in [3.05, 3.63) is 96.4 Å². The van der Waals surface area contributed by atoms with Crippen LogP contribution in [-0.4, -0.2) is 29.1 Å². The van der Waals surface area contributed by atoms with Crippen molar-refractivity contribution in [3.8, 4) is 22.6 Å². The topological polar surface area (TPSA) is 63.3 Å². The summed E-state index contributed by atoms with van der Waals surface area (Å²) in [5.41, 5.74) is 5.23. The van der Waals surface area contributed by atoms with Gasteiger partial charge in [0.15, 0.2) is 5.78 Å². The molecule has 0 aliphatic carbocycles. The Balaban J connectivity index is 0.000000347. The molecule has 49 heavy (non-hydrogen) atoms. The predicted molar refractivity (Wildman–Crippen MR) is 207 cm³/mol. The number of furan rings is 1. The molecule has 0 spiro atoms. The van der Waals surface area contributed by atoms with Crippen LogP contribution in [0.3, 0.4) is 0 Å². The molecule has 0 saturated carbocycles. The molecule has 0 aliphatic rings. The Labute approximate surface area is 310 Å². The van der Waals surface area contributed by atoms with Crippen LogP contribution in [0, 0.1) is 17.9 Å². The van der Waals surface area contributed by atoms with Crippen molar-refractivity contribution < 1.29 is 34.4 Å². The summed E-state index contributed by atoms with van der Waals surface area (Å²) in [6, 6.07) is 27.3. The second-order valence-corrected chi connectivity index (χ2v) is 25.6. The maximum atomic E-state index is 11.7. The van der Waals surface area contributed by atoms with Crippen LogP contribution >= 0.6 is 0 Å². The molecule has 0 bridgehead atoms. The van der Waals surface area contributed by atoms with Gasteiger partial charge in [0.05, 0.1) is 5.76 Å². The van der Waals surface area contributed by atoms with Gasteiger partial charge in [-0.05, 0) is 25.7 Å². The molecule has 0 atom stereocenters. The Kier molecular flexibility index (Phi) is 14.3. The van der Waals surface area contributed by atoms with Crippen LogP contribution in [-0.2, 0) is 30.3 Å². The molecular weight excluding hydrogens is 843 g/mol. The molecule has 5 aromatic rings. The molecule has 2 heterocycles. The number of aliphatic hydroxyl groups excluding tert-OH is 1. The molecule has 0 unspecified atom stereocenters. The van der Waals surface area contributed by atoms with Crippen molar-refractivity contribution in [2.45, 2.75) is 96.8 Å². The maximum absolute atomic E-state index is 11.7. The first-order valence-electron chi connectivity index (χ1n) is 17.6. The van der Waals surface area contributed by atoms with Gasteiger partial charge in [0.1, 0.15) is 0 Å². The number of fused-ring (bicyclic) bond motifs is 2. The van der Waals surface area contributed by atoms with E-state index in [1.807, 2.05) is 40.0 Å². The van der Waals surface area contributed by atoms with E-state index in [-0.39, 0.29) is 48.9 Å². The summed E-state index contributed by atoms with van der Waals surface area (Å²) in [7, 11) is 0. The van der Waals surface area contributed by atoms with Crippen molar-refractivity contribution in [1.29, 1.82) is 0 Å². The Morgan fingerprint density at radius 2 is 1.55 bits per heavy atom. The SMILES string of the molecule is CC(C)(C)c1cc(-c2cc(-c3cc4c[c]([Ge]([CH3])([CH3])[CH3])ccc4o3)ccn2)[c-]c2ccccc12.CCC(CC)C(=O)/C=C(\O)C(CC)CC.[Ir]. The third-order valence-electron chi connectivity index (χ3n) is 9.37. The van der Waals surface area contributed by atoms with Crippen LogP contribution in [0.1, 0.15) is 79.7 Å². The fourth-order valence-corrected chi connectivity index (χ4v) is 8.61. The number of allylic oxidation sites excluding steroid dienone is 2. The first-order valence-corrected chi connectivity index (χ1v) is 24.9. The summed E-state index contributed by atoms with van der Waals surface area (Å²) in [4.78, 5) is 16.4. The van der Waals surface area contributed by atoms with E-state index in [9.17, 15) is 9.90 Å². The Hall–Kier alpha value is -2.99. The predicted octanol–water partition coefficient (Wildman–Crippen LogP) is 11.8. The van der Waals surface area contributed by atoms with Gasteiger partial charge in [-0.1, -0.05) is 66.7 Å². The molecule has 0 amide bonds. The van der Waals surface area contributed by atoms with Gasteiger partial charge in [0.2, 0.25) is 0 Å². The zero-order valence-electron chi connectivity index (χ0n) is 31.0.